The van der Waals surface area contributed by atoms with Gasteiger partial charge in [0.1, 0.15) is 0 Å². The topological polar surface area (TPSA) is 29.5 Å². The van der Waals surface area contributed by atoms with Crippen molar-refractivity contribution in [1.29, 1.82) is 0 Å². The molecule has 2 aliphatic heterocycles. The lowest BCUT2D eigenvalue weighted by molar-refractivity contribution is -0.141. The Balaban J connectivity index is 1.74. The van der Waals surface area contributed by atoms with Crippen LogP contribution in [0.1, 0.15) is 36.8 Å². The van der Waals surface area contributed by atoms with Crippen LogP contribution in [0.3, 0.4) is 0 Å². The number of ether oxygens (including phenoxy) is 1. The van der Waals surface area contributed by atoms with Gasteiger partial charge >= 0.3 is 0 Å². The molecule has 0 unspecified atom stereocenters. The number of nitrogens with zero attached hydrogens (tertiary/aromatic N) is 1. The average Bonchev–Trinajstić information content (AvgIpc) is 2.71. The Labute approximate surface area is 149 Å². The minimum absolute atomic E-state index is 0.131. The number of amides is 1. The van der Waals surface area contributed by atoms with Crippen LogP contribution in [0.15, 0.2) is 60.7 Å². The lowest BCUT2D eigenvalue weighted by Crippen LogP contribution is -2.55. The highest BCUT2D eigenvalue weighted by molar-refractivity contribution is 5.78. The Kier molecular flexibility index (Phi) is 4.58. The molecule has 0 aromatic heterocycles. The Morgan fingerprint density at radius 3 is 2.16 bits per heavy atom. The normalized spacial score (nSPS) is 23.4. The fraction of sp³-hybridized carbons (Fsp3) is 0.409. The molecule has 0 spiro atoms. The number of likely N-dealkylation sites (tertiary alicyclic amines) is 1. The van der Waals surface area contributed by atoms with Crippen molar-refractivity contribution in [2.45, 2.75) is 37.1 Å². The van der Waals surface area contributed by atoms with Crippen molar-refractivity contribution in [1.82, 2.24) is 4.90 Å². The molecule has 4 rings (SSSR count). The van der Waals surface area contributed by atoms with Crippen LogP contribution in [-0.4, -0.2) is 36.6 Å². The third-order valence-electron chi connectivity index (χ3n) is 5.76. The van der Waals surface area contributed by atoms with Crippen LogP contribution in [0.4, 0.5) is 0 Å². The standard InChI is InChI=1S/C22H25NO2/c24-21-13-14-22(18-8-3-1-4-9-18,19-10-5-2-6-11-19)17-23(21)20-12-7-15-25-16-20/h1-6,8-11,20H,7,12-17H2/t20-/m1/s1. The summed E-state index contributed by atoms with van der Waals surface area (Å²) in [6.45, 7) is 2.24. The SMILES string of the molecule is O=C1CCC(c2ccccc2)(c2ccccc2)CN1[C@@H]1CCCOC1. The maximum Gasteiger partial charge on any atom is 0.222 e. The summed E-state index contributed by atoms with van der Waals surface area (Å²) in [6, 6.07) is 21.6. The minimum Gasteiger partial charge on any atom is -0.379 e. The minimum atomic E-state index is -0.131. The van der Waals surface area contributed by atoms with E-state index in [1.807, 2.05) is 0 Å². The second-order valence-corrected chi connectivity index (χ2v) is 7.21. The van der Waals surface area contributed by atoms with Gasteiger partial charge in [0.25, 0.3) is 0 Å². The first-order valence-corrected chi connectivity index (χ1v) is 9.28. The monoisotopic (exact) mass is 335 g/mol. The maximum absolute atomic E-state index is 12.7. The first-order chi connectivity index (χ1) is 12.3. The lowest BCUT2D eigenvalue weighted by Gasteiger charge is -2.47. The van der Waals surface area contributed by atoms with Crippen LogP contribution in [0, 0.1) is 0 Å². The average molecular weight is 335 g/mol. The van der Waals surface area contributed by atoms with E-state index in [1.165, 1.54) is 11.1 Å². The number of carbonyl (C=O) groups is 1. The third kappa shape index (κ3) is 3.09. The molecule has 2 heterocycles. The van der Waals surface area contributed by atoms with Gasteiger partial charge in [0.05, 0.1) is 12.6 Å². The summed E-state index contributed by atoms with van der Waals surface area (Å²) >= 11 is 0. The summed E-state index contributed by atoms with van der Waals surface area (Å²) in [5.74, 6) is 0.276. The molecule has 2 aliphatic rings. The maximum atomic E-state index is 12.7. The molecular formula is C22H25NO2. The third-order valence-corrected chi connectivity index (χ3v) is 5.76. The van der Waals surface area contributed by atoms with E-state index in [0.29, 0.717) is 13.0 Å². The largest absolute Gasteiger partial charge is 0.379 e. The van der Waals surface area contributed by atoms with Crippen molar-refractivity contribution >= 4 is 5.91 Å². The molecule has 1 atom stereocenters. The summed E-state index contributed by atoms with van der Waals surface area (Å²) in [4.78, 5) is 14.8. The predicted molar refractivity (Wildman–Crippen MR) is 98.5 cm³/mol. The van der Waals surface area contributed by atoms with Crippen LogP contribution < -0.4 is 0 Å². The van der Waals surface area contributed by atoms with Gasteiger partial charge in [-0.25, -0.2) is 0 Å². The van der Waals surface area contributed by atoms with Crippen molar-refractivity contribution in [2.75, 3.05) is 19.8 Å². The predicted octanol–water partition coefficient (Wildman–Crippen LogP) is 3.77. The molecule has 2 saturated heterocycles. The van der Waals surface area contributed by atoms with Gasteiger partial charge < -0.3 is 9.64 Å². The zero-order chi connectivity index (χ0) is 17.1. The van der Waals surface area contributed by atoms with Crippen molar-refractivity contribution in [2.24, 2.45) is 0 Å². The van der Waals surface area contributed by atoms with Gasteiger partial charge in [-0.3, -0.25) is 4.79 Å². The van der Waals surface area contributed by atoms with Crippen molar-refractivity contribution in [3.05, 3.63) is 71.8 Å². The van der Waals surface area contributed by atoms with Gasteiger partial charge in [-0.2, -0.15) is 0 Å². The molecule has 130 valence electrons. The van der Waals surface area contributed by atoms with Gasteiger partial charge in [0.15, 0.2) is 0 Å². The molecule has 2 aromatic carbocycles. The molecule has 0 N–H and O–H groups in total. The number of benzene rings is 2. The molecule has 2 aromatic rings. The van der Waals surface area contributed by atoms with E-state index in [4.69, 9.17) is 4.74 Å². The molecule has 3 heteroatoms. The number of carbonyl (C=O) groups excluding carboxylic acids is 1. The van der Waals surface area contributed by atoms with E-state index >= 15 is 0 Å². The fourth-order valence-electron chi connectivity index (χ4n) is 4.38. The van der Waals surface area contributed by atoms with Crippen molar-refractivity contribution in [3.8, 4) is 0 Å². The van der Waals surface area contributed by atoms with Crippen LogP contribution in [-0.2, 0) is 14.9 Å². The van der Waals surface area contributed by atoms with E-state index in [-0.39, 0.29) is 17.4 Å². The molecule has 0 saturated carbocycles. The Bertz CT molecular complexity index is 668. The van der Waals surface area contributed by atoms with Crippen LogP contribution in [0.2, 0.25) is 0 Å². The molecule has 25 heavy (non-hydrogen) atoms. The lowest BCUT2D eigenvalue weighted by atomic mass is 9.68. The van der Waals surface area contributed by atoms with Crippen LogP contribution in [0.25, 0.3) is 0 Å². The van der Waals surface area contributed by atoms with Crippen molar-refractivity contribution < 1.29 is 9.53 Å². The van der Waals surface area contributed by atoms with E-state index in [9.17, 15) is 4.79 Å². The van der Waals surface area contributed by atoms with Crippen LogP contribution in [0.5, 0.6) is 0 Å². The Morgan fingerprint density at radius 1 is 0.960 bits per heavy atom. The van der Waals surface area contributed by atoms with E-state index in [1.54, 1.807) is 0 Å². The van der Waals surface area contributed by atoms with Crippen molar-refractivity contribution in [3.63, 3.8) is 0 Å². The first-order valence-electron chi connectivity index (χ1n) is 9.28. The highest BCUT2D eigenvalue weighted by Crippen LogP contribution is 2.41. The van der Waals surface area contributed by atoms with Gasteiger partial charge in [-0.05, 0) is 30.4 Å². The molecule has 1 amide bonds. The zero-order valence-electron chi connectivity index (χ0n) is 14.6. The summed E-state index contributed by atoms with van der Waals surface area (Å²) in [5.41, 5.74) is 2.47. The van der Waals surface area contributed by atoms with E-state index in [2.05, 4.69) is 65.6 Å². The Morgan fingerprint density at radius 2 is 1.60 bits per heavy atom. The smallest absolute Gasteiger partial charge is 0.222 e. The van der Waals surface area contributed by atoms with Gasteiger partial charge in [-0.1, -0.05) is 60.7 Å². The Hall–Kier alpha value is -2.13. The number of hydrogen-bond acceptors (Lipinski definition) is 2. The molecule has 2 fully saturated rings. The number of piperidine rings is 1. The highest BCUT2D eigenvalue weighted by Gasteiger charge is 2.43. The summed E-state index contributed by atoms with van der Waals surface area (Å²) < 4.78 is 5.67. The summed E-state index contributed by atoms with van der Waals surface area (Å²) in [5, 5.41) is 0. The van der Waals surface area contributed by atoms with Gasteiger partial charge in [-0.15, -0.1) is 0 Å². The second-order valence-electron chi connectivity index (χ2n) is 7.21. The van der Waals surface area contributed by atoms with Gasteiger partial charge in [0, 0.05) is 25.0 Å². The fourth-order valence-corrected chi connectivity index (χ4v) is 4.38. The molecule has 3 nitrogen and oxygen atoms in total. The quantitative estimate of drug-likeness (QED) is 0.854. The number of rotatable bonds is 3. The van der Waals surface area contributed by atoms with E-state index in [0.717, 1.165) is 32.4 Å². The van der Waals surface area contributed by atoms with Gasteiger partial charge in [0.2, 0.25) is 5.91 Å². The van der Waals surface area contributed by atoms with E-state index < -0.39 is 0 Å². The number of hydrogen-bond donors (Lipinski definition) is 0. The highest BCUT2D eigenvalue weighted by atomic mass is 16.5. The second kappa shape index (κ2) is 7.01. The molecule has 0 aliphatic carbocycles. The summed E-state index contributed by atoms with van der Waals surface area (Å²) in [7, 11) is 0. The van der Waals surface area contributed by atoms with Crippen LogP contribution >= 0.6 is 0 Å². The molecular weight excluding hydrogens is 310 g/mol. The first kappa shape index (κ1) is 16.3. The molecule has 0 radical (unpaired) electrons. The summed E-state index contributed by atoms with van der Waals surface area (Å²) in [6.07, 6.45) is 3.55. The molecule has 0 bridgehead atoms. The zero-order valence-corrected chi connectivity index (χ0v) is 14.6.